The molecule has 0 spiro atoms. The van der Waals surface area contributed by atoms with Crippen molar-refractivity contribution in [1.82, 2.24) is 0 Å². The summed E-state index contributed by atoms with van der Waals surface area (Å²) >= 11 is 3.36. The van der Waals surface area contributed by atoms with Gasteiger partial charge in [0.05, 0.1) is 0 Å². The van der Waals surface area contributed by atoms with Crippen LogP contribution in [0.5, 0.6) is 0 Å². The third-order valence-corrected chi connectivity index (χ3v) is 3.09. The molecule has 1 nitrogen and oxygen atoms in total. The van der Waals surface area contributed by atoms with E-state index in [1.807, 2.05) is 18.2 Å². The highest BCUT2D eigenvalue weighted by atomic mass is 79.9. The third kappa shape index (κ3) is 2.31. The Labute approximate surface area is 102 Å². The van der Waals surface area contributed by atoms with Crippen molar-refractivity contribution >= 4 is 15.9 Å². The van der Waals surface area contributed by atoms with Gasteiger partial charge in [0.1, 0.15) is 11.9 Å². The summed E-state index contributed by atoms with van der Waals surface area (Å²) in [7, 11) is 0. The van der Waals surface area contributed by atoms with Crippen molar-refractivity contribution in [2.24, 2.45) is 0 Å². The van der Waals surface area contributed by atoms with Crippen LogP contribution < -0.4 is 0 Å². The van der Waals surface area contributed by atoms with E-state index in [2.05, 4.69) is 15.9 Å². The fourth-order valence-electron chi connectivity index (χ4n) is 1.55. The second-order valence-electron chi connectivity index (χ2n) is 3.48. The first-order valence-electron chi connectivity index (χ1n) is 4.86. The first-order chi connectivity index (χ1) is 7.68. The lowest BCUT2D eigenvalue weighted by atomic mass is 10.0. The van der Waals surface area contributed by atoms with Gasteiger partial charge in [-0.05, 0) is 29.3 Å². The van der Waals surface area contributed by atoms with Gasteiger partial charge in [-0.25, -0.2) is 4.39 Å². The van der Waals surface area contributed by atoms with E-state index in [1.165, 1.54) is 12.1 Å². The lowest BCUT2D eigenvalue weighted by Gasteiger charge is -2.13. The van der Waals surface area contributed by atoms with Gasteiger partial charge < -0.3 is 5.11 Å². The number of halogens is 2. The lowest BCUT2D eigenvalue weighted by molar-refractivity contribution is 0.219. The van der Waals surface area contributed by atoms with Crippen LogP contribution >= 0.6 is 15.9 Å². The summed E-state index contributed by atoms with van der Waals surface area (Å²) in [4.78, 5) is 0. The van der Waals surface area contributed by atoms with E-state index in [0.717, 1.165) is 10.0 Å². The number of benzene rings is 2. The van der Waals surface area contributed by atoms with E-state index in [4.69, 9.17) is 0 Å². The highest BCUT2D eigenvalue weighted by molar-refractivity contribution is 9.10. The molecule has 1 atom stereocenters. The van der Waals surface area contributed by atoms with E-state index in [-0.39, 0.29) is 5.82 Å². The van der Waals surface area contributed by atoms with E-state index in [9.17, 15) is 9.50 Å². The number of rotatable bonds is 2. The monoisotopic (exact) mass is 280 g/mol. The molecule has 2 rings (SSSR count). The second kappa shape index (κ2) is 4.76. The molecule has 0 bridgehead atoms. The average Bonchev–Trinajstić information content (AvgIpc) is 2.29. The van der Waals surface area contributed by atoms with Gasteiger partial charge >= 0.3 is 0 Å². The zero-order valence-electron chi connectivity index (χ0n) is 8.40. The van der Waals surface area contributed by atoms with Crippen LogP contribution in [0, 0.1) is 5.82 Å². The van der Waals surface area contributed by atoms with Gasteiger partial charge in [-0.2, -0.15) is 0 Å². The quantitative estimate of drug-likeness (QED) is 0.890. The highest BCUT2D eigenvalue weighted by Gasteiger charge is 2.13. The minimum absolute atomic E-state index is 0.344. The zero-order valence-corrected chi connectivity index (χ0v) is 9.99. The standard InChI is InChI=1S/C13H10BrFO/c14-12-7-2-1-6-11(12)13(16)9-4-3-5-10(15)8-9/h1-8,13,16H/t13-/m0/s1. The molecule has 16 heavy (non-hydrogen) atoms. The molecule has 2 aromatic carbocycles. The maximum Gasteiger partial charge on any atom is 0.123 e. The maximum absolute atomic E-state index is 13.0. The van der Waals surface area contributed by atoms with Crippen LogP contribution in [0.3, 0.4) is 0 Å². The minimum Gasteiger partial charge on any atom is -0.384 e. The molecule has 3 heteroatoms. The molecule has 0 aliphatic carbocycles. The Balaban J connectivity index is 2.39. The smallest absolute Gasteiger partial charge is 0.123 e. The van der Waals surface area contributed by atoms with Gasteiger partial charge in [0, 0.05) is 4.47 Å². The molecule has 0 aromatic heterocycles. The van der Waals surface area contributed by atoms with Crippen molar-refractivity contribution in [2.45, 2.75) is 6.10 Å². The number of hydrogen-bond acceptors (Lipinski definition) is 1. The second-order valence-corrected chi connectivity index (χ2v) is 4.33. The van der Waals surface area contributed by atoms with Crippen molar-refractivity contribution in [3.8, 4) is 0 Å². The number of aliphatic hydroxyl groups excluding tert-OH is 1. The van der Waals surface area contributed by atoms with Crippen LogP contribution in [0.15, 0.2) is 53.0 Å². The summed E-state index contributed by atoms with van der Waals surface area (Å²) in [5.41, 5.74) is 1.28. The number of aliphatic hydroxyl groups is 1. The molecular formula is C13H10BrFO. The summed E-state index contributed by atoms with van der Waals surface area (Å²) in [6.07, 6.45) is -0.814. The number of hydrogen-bond donors (Lipinski definition) is 1. The van der Waals surface area contributed by atoms with Crippen molar-refractivity contribution in [1.29, 1.82) is 0 Å². The van der Waals surface area contributed by atoms with Gasteiger partial charge in [-0.3, -0.25) is 0 Å². The van der Waals surface area contributed by atoms with Gasteiger partial charge in [-0.1, -0.05) is 46.3 Å². The van der Waals surface area contributed by atoms with Crippen LogP contribution in [0.25, 0.3) is 0 Å². The van der Waals surface area contributed by atoms with Crippen molar-refractivity contribution in [3.05, 3.63) is 69.9 Å². The van der Waals surface area contributed by atoms with Crippen molar-refractivity contribution in [3.63, 3.8) is 0 Å². The summed E-state index contributed by atoms with van der Waals surface area (Å²) in [5, 5.41) is 10.1. The Morgan fingerprint density at radius 2 is 1.81 bits per heavy atom. The lowest BCUT2D eigenvalue weighted by Crippen LogP contribution is -2.00. The fourth-order valence-corrected chi connectivity index (χ4v) is 2.05. The first-order valence-corrected chi connectivity index (χ1v) is 5.66. The van der Waals surface area contributed by atoms with Crippen molar-refractivity contribution in [2.75, 3.05) is 0 Å². The van der Waals surface area contributed by atoms with Crippen LogP contribution in [0.1, 0.15) is 17.2 Å². The predicted octanol–water partition coefficient (Wildman–Crippen LogP) is 3.67. The van der Waals surface area contributed by atoms with E-state index in [0.29, 0.717) is 5.56 Å². The fraction of sp³-hybridized carbons (Fsp3) is 0.0769. The molecular weight excluding hydrogens is 271 g/mol. The Hall–Kier alpha value is -1.19. The minimum atomic E-state index is -0.814. The van der Waals surface area contributed by atoms with E-state index < -0.39 is 6.10 Å². The topological polar surface area (TPSA) is 20.2 Å². The Bertz CT molecular complexity index is 499. The predicted molar refractivity (Wildman–Crippen MR) is 64.6 cm³/mol. The molecule has 0 aliphatic heterocycles. The molecule has 0 fully saturated rings. The largest absolute Gasteiger partial charge is 0.384 e. The Kier molecular flexibility index (Phi) is 3.36. The zero-order chi connectivity index (χ0) is 11.5. The third-order valence-electron chi connectivity index (χ3n) is 2.36. The average molecular weight is 281 g/mol. The summed E-state index contributed by atoms with van der Waals surface area (Å²) in [6.45, 7) is 0. The molecule has 0 heterocycles. The molecule has 0 saturated carbocycles. The molecule has 0 radical (unpaired) electrons. The van der Waals surface area contributed by atoms with Gasteiger partial charge in [-0.15, -0.1) is 0 Å². The molecule has 0 amide bonds. The molecule has 0 aliphatic rings. The molecule has 0 saturated heterocycles. The SMILES string of the molecule is O[C@@H](c1cccc(F)c1)c1ccccc1Br. The maximum atomic E-state index is 13.0. The molecule has 2 aromatic rings. The summed E-state index contributed by atoms with van der Waals surface area (Å²) < 4.78 is 13.8. The van der Waals surface area contributed by atoms with Gasteiger partial charge in [0.25, 0.3) is 0 Å². The summed E-state index contributed by atoms with van der Waals surface area (Å²) in [5.74, 6) is -0.344. The van der Waals surface area contributed by atoms with Crippen LogP contribution in [0.4, 0.5) is 4.39 Å². The molecule has 0 unspecified atom stereocenters. The van der Waals surface area contributed by atoms with E-state index in [1.54, 1.807) is 18.2 Å². The van der Waals surface area contributed by atoms with Crippen LogP contribution in [0.2, 0.25) is 0 Å². The van der Waals surface area contributed by atoms with E-state index >= 15 is 0 Å². The van der Waals surface area contributed by atoms with Gasteiger partial charge in [0.2, 0.25) is 0 Å². The molecule has 82 valence electrons. The Morgan fingerprint density at radius 3 is 2.50 bits per heavy atom. The first kappa shape index (κ1) is 11.3. The van der Waals surface area contributed by atoms with Gasteiger partial charge in [0.15, 0.2) is 0 Å². The molecule has 1 N–H and O–H groups in total. The normalized spacial score (nSPS) is 12.4. The summed E-state index contributed by atoms with van der Waals surface area (Å²) in [6, 6.07) is 13.3. The van der Waals surface area contributed by atoms with Crippen LogP contribution in [-0.2, 0) is 0 Å². The van der Waals surface area contributed by atoms with Crippen LogP contribution in [-0.4, -0.2) is 5.11 Å². The Morgan fingerprint density at radius 1 is 1.06 bits per heavy atom. The highest BCUT2D eigenvalue weighted by Crippen LogP contribution is 2.28. The van der Waals surface area contributed by atoms with Crippen molar-refractivity contribution < 1.29 is 9.50 Å².